The van der Waals surface area contributed by atoms with Gasteiger partial charge in [0.05, 0.1) is 11.2 Å². The molecule has 0 unspecified atom stereocenters. The Bertz CT molecular complexity index is 903. The summed E-state index contributed by atoms with van der Waals surface area (Å²) in [7, 11) is 2.13. The molecule has 0 saturated carbocycles. The fourth-order valence-electron chi connectivity index (χ4n) is 3.41. The molecule has 0 amide bonds. The van der Waals surface area contributed by atoms with E-state index >= 15 is 0 Å². The predicted molar refractivity (Wildman–Crippen MR) is 109 cm³/mol. The lowest BCUT2D eigenvalue weighted by Crippen LogP contribution is -2.25. The lowest BCUT2D eigenvalue weighted by Gasteiger charge is -2.28. The normalized spacial score (nSPS) is 12.8. The fourth-order valence-corrected chi connectivity index (χ4v) is 3.41. The Morgan fingerprint density at radius 3 is 2.19 bits per heavy atom. The molecule has 2 aromatic carbocycles. The third kappa shape index (κ3) is 3.00. The van der Waals surface area contributed by atoms with Gasteiger partial charge in [-0.15, -0.1) is 5.10 Å². The van der Waals surface area contributed by atoms with Gasteiger partial charge >= 0.3 is 0 Å². The number of nitrogens with zero attached hydrogens (tertiary/aromatic N) is 4. The van der Waals surface area contributed by atoms with Gasteiger partial charge in [-0.3, -0.25) is 0 Å². The molecule has 0 fully saturated rings. The molecule has 4 heteroatoms. The Balaban J connectivity index is 0.000000948. The lowest BCUT2D eigenvalue weighted by molar-refractivity contribution is 0.351. The molecule has 1 aliphatic heterocycles. The molecule has 4 rings (SSSR count). The number of rotatable bonds is 0. The molecule has 0 radical (unpaired) electrons. The standard InChI is InChI=1S/C20H22N4.C2H6/c1-20(2,3)24-19-15-10-6-5-9-14(15)13-23(4)17-12-8-7-11-16(17)18(19)21-22-24;1-2/h5-12H,13H2,1-4H3;1-2H3. The van der Waals surface area contributed by atoms with Crippen LogP contribution in [0.4, 0.5) is 5.69 Å². The zero-order valence-electron chi connectivity index (χ0n) is 16.6. The highest BCUT2D eigenvalue weighted by molar-refractivity contribution is 5.87. The molecule has 0 spiro atoms. The summed E-state index contributed by atoms with van der Waals surface area (Å²) in [4.78, 5) is 2.28. The van der Waals surface area contributed by atoms with Crippen molar-refractivity contribution in [2.24, 2.45) is 0 Å². The minimum absolute atomic E-state index is 0.131. The number of benzene rings is 2. The monoisotopic (exact) mass is 348 g/mol. The fraction of sp³-hybridized carbons (Fsp3) is 0.364. The van der Waals surface area contributed by atoms with Crippen LogP contribution in [0.3, 0.4) is 0 Å². The van der Waals surface area contributed by atoms with E-state index in [2.05, 4.69) is 96.2 Å². The zero-order valence-corrected chi connectivity index (χ0v) is 16.6. The summed E-state index contributed by atoms with van der Waals surface area (Å²) in [5, 5.41) is 9.11. The van der Waals surface area contributed by atoms with Crippen LogP contribution in [0.1, 0.15) is 40.2 Å². The van der Waals surface area contributed by atoms with E-state index < -0.39 is 0 Å². The van der Waals surface area contributed by atoms with Gasteiger partial charge in [-0.05, 0) is 32.4 Å². The Morgan fingerprint density at radius 2 is 1.50 bits per heavy atom. The van der Waals surface area contributed by atoms with Gasteiger partial charge in [-0.1, -0.05) is 61.5 Å². The van der Waals surface area contributed by atoms with Crippen molar-refractivity contribution in [3.63, 3.8) is 0 Å². The van der Waals surface area contributed by atoms with Crippen LogP contribution in [0.25, 0.3) is 22.5 Å². The van der Waals surface area contributed by atoms with Crippen LogP contribution in [-0.4, -0.2) is 22.0 Å². The van der Waals surface area contributed by atoms with Crippen molar-refractivity contribution < 1.29 is 0 Å². The summed E-state index contributed by atoms with van der Waals surface area (Å²) in [5.41, 5.74) is 6.78. The van der Waals surface area contributed by atoms with E-state index in [1.807, 2.05) is 13.8 Å². The quantitative estimate of drug-likeness (QED) is 0.550. The first kappa shape index (κ1) is 18.2. The summed E-state index contributed by atoms with van der Waals surface area (Å²) in [6.45, 7) is 11.4. The van der Waals surface area contributed by atoms with Gasteiger partial charge in [0.15, 0.2) is 0 Å². The highest BCUT2D eigenvalue weighted by atomic mass is 15.5. The highest BCUT2D eigenvalue weighted by Crippen LogP contribution is 2.41. The molecule has 3 aromatic rings. The van der Waals surface area contributed by atoms with Crippen molar-refractivity contribution in [2.45, 2.75) is 46.7 Å². The first-order chi connectivity index (χ1) is 12.5. The third-order valence-electron chi connectivity index (χ3n) is 4.56. The topological polar surface area (TPSA) is 34.0 Å². The summed E-state index contributed by atoms with van der Waals surface area (Å²) < 4.78 is 2.06. The van der Waals surface area contributed by atoms with Crippen molar-refractivity contribution in [1.29, 1.82) is 0 Å². The minimum atomic E-state index is -0.131. The van der Waals surface area contributed by atoms with Crippen molar-refractivity contribution in [2.75, 3.05) is 11.9 Å². The van der Waals surface area contributed by atoms with Crippen LogP contribution in [0.5, 0.6) is 0 Å². The SMILES string of the molecule is CC.CN1Cc2ccccc2-c2c(nnn2C(C)(C)C)-c2ccccc21. The van der Waals surface area contributed by atoms with Crippen molar-refractivity contribution in [1.82, 2.24) is 15.0 Å². The molecule has 0 bridgehead atoms. The van der Waals surface area contributed by atoms with Crippen LogP contribution in [0.15, 0.2) is 48.5 Å². The van der Waals surface area contributed by atoms with E-state index in [1.54, 1.807) is 0 Å². The molecule has 0 aliphatic carbocycles. The molecular formula is C22H28N4. The number of para-hydroxylation sites is 1. The number of hydrogen-bond donors (Lipinski definition) is 0. The summed E-state index contributed by atoms with van der Waals surface area (Å²) in [6.07, 6.45) is 0. The van der Waals surface area contributed by atoms with Crippen LogP contribution in [0, 0.1) is 0 Å². The van der Waals surface area contributed by atoms with Gasteiger partial charge in [0.1, 0.15) is 5.69 Å². The van der Waals surface area contributed by atoms with Crippen LogP contribution in [-0.2, 0) is 12.1 Å². The molecule has 4 nitrogen and oxygen atoms in total. The van der Waals surface area contributed by atoms with Crippen molar-refractivity contribution in [3.05, 3.63) is 54.1 Å². The van der Waals surface area contributed by atoms with Crippen molar-refractivity contribution >= 4 is 5.69 Å². The first-order valence-electron chi connectivity index (χ1n) is 9.32. The largest absolute Gasteiger partial charge is 0.370 e. The second kappa shape index (κ2) is 6.94. The molecule has 136 valence electrons. The average Bonchev–Trinajstić information content (AvgIpc) is 3.07. The smallest absolute Gasteiger partial charge is 0.123 e. The highest BCUT2D eigenvalue weighted by Gasteiger charge is 2.28. The Hall–Kier alpha value is -2.62. The molecule has 0 saturated heterocycles. The number of hydrogen-bond acceptors (Lipinski definition) is 3. The summed E-state index contributed by atoms with van der Waals surface area (Å²) in [6, 6.07) is 17.0. The zero-order chi connectivity index (χ0) is 18.9. The van der Waals surface area contributed by atoms with Gasteiger partial charge in [0.2, 0.25) is 0 Å². The summed E-state index contributed by atoms with van der Waals surface area (Å²) >= 11 is 0. The van der Waals surface area contributed by atoms with E-state index in [4.69, 9.17) is 0 Å². The summed E-state index contributed by atoms with van der Waals surface area (Å²) in [5.74, 6) is 0. The lowest BCUT2D eigenvalue weighted by atomic mass is 9.95. The van der Waals surface area contributed by atoms with E-state index in [1.165, 1.54) is 16.8 Å². The molecule has 1 aromatic heterocycles. The van der Waals surface area contributed by atoms with Gasteiger partial charge in [-0.2, -0.15) is 0 Å². The van der Waals surface area contributed by atoms with E-state index in [-0.39, 0.29) is 5.54 Å². The second-order valence-corrected chi connectivity index (χ2v) is 7.40. The predicted octanol–water partition coefficient (Wildman–Crippen LogP) is 5.34. The molecule has 0 atom stereocenters. The minimum Gasteiger partial charge on any atom is -0.370 e. The van der Waals surface area contributed by atoms with E-state index in [0.29, 0.717) is 0 Å². The number of fused-ring (bicyclic) bond motifs is 5. The van der Waals surface area contributed by atoms with Gasteiger partial charge < -0.3 is 4.90 Å². The Kier molecular flexibility index (Phi) is 4.86. The number of aromatic nitrogens is 3. The molecule has 2 heterocycles. The van der Waals surface area contributed by atoms with E-state index in [9.17, 15) is 0 Å². The maximum Gasteiger partial charge on any atom is 0.123 e. The van der Waals surface area contributed by atoms with Crippen LogP contribution < -0.4 is 4.90 Å². The molecule has 0 N–H and O–H groups in total. The number of anilines is 1. The first-order valence-corrected chi connectivity index (χ1v) is 9.32. The maximum atomic E-state index is 4.59. The Labute approximate surface area is 156 Å². The van der Waals surface area contributed by atoms with Gasteiger partial charge in [0, 0.05) is 30.4 Å². The average molecular weight is 348 g/mol. The third-order valence-corrected chi connectivity index (χ3v) is 4.56. The molecule has 1 aliphatic rings. The van der Waals surface area contributed by atoms with Gasteiger partial charge in [-0.25, -0.2) is 4.68 Å². The van der Waals surface area contributed by atoms with E-state index in [0.717, 1.165) is 23.5 Å². The second-order valence-electron chi connectivity index (χ2n) is 7.40. The molecular weight excluding hydrogens is 320 g/mol. The van der Waals surface area contributed by atoms with Crippen LogP contribution >= 0.6 is 0 Å². The molecule has 26 heavy (non-hydrogen) atoms. The van der Waals surface area contributed by atoms with Crippen LogP contribution in [0.2, 0.25) is 0 Å². The maximum absolute atomic E-state index is 4.59. The van der Waals surface area contributed by atoms with Crippen molar-refractivity contribution in [3.8, 4) is 22.5 Å². The van der Waals surface area contributed by atoms with Gasteiger partial charge in [0.25, 0.3) is 0 Å². The Morgan fingerprint density at radius 1 is 0.885 bits per heavy atom.